The summed E-state index contributed by atoms with van der Waals surface area (Å²) in [6.07, 6.45) is 0.711. The summed E-state index contributed by atoms with van der Waals surface area (Å²) in [6, 6.07) is -0.942. The van der Waals surface area contributed by atoms with Crippen molar-refractivity contribution in [1.82, 2.24) is 19.4 Å². The molecule has 1 N–H and O–H groups in total. The van der Waals surface area contributed by atoms with E-state index in [4.69, 9.17) is 4.74 Å². The second kappa shape index (κ2) is 12.0. The molecule has 0 spiro atoms. The molecule has 3 atom stereocenters. The van der Waals surface area contributed by atoms with Crippen LogP contribution in [-0.2, 0) is 9.53 Å². The van der Waals surface area contributed by atoms with Gasteiger partial charge in [0.05, 0.1) is 17.1 Å². The van der Waals surface area contributed by atoms with Crippen LogP contribution in [0.5, 0.6) is 0 Å². The van der Waals surface area contributed by atoms with Gasteiger partial charge < -0.3 is 31.6 Å². The molecule has 2 aliphatic rings. The first kappa shape index (κ1) is 32.1. The fourth-order valence-electron chi connectivity index (χ4n) is 5.19. The number of ether oxygens (including phenoxy) is 1. The van der Waals surface area contributed by atoms with Crippen LogP contribution in [0.15, 0.2) is 4.79 Å². The van der Waals surface area contributed by atoms with Gasteiger partial charge >= 0.3 is 81.0 Å². The molecule has 4 heterocycles. The summed E-state index contributed by atoms with van der Waals surface area (Å²) in [5.41, 5.74) is 2.18. The molecule has 3 unspecified atom stereocenters. The molecule has 2 aromatic rings. The van der Waals surface area contributed by atoms with E-state index in [9.17, 15) is 19.5 Å². The van der Waals surface area contributed by atoms with E-state index in [-0.39, 0.29) is 105 Å². The Morgan fingerprint density at radius 1 is 1.14 bits per heavy atom. The zero-order valence-corrected chi connectivity index (χ0v) is 29.9. The summed E-state index contributed by atoms with van der Waals surface area (Å²) in [6.45, 7) is 14.3. The smallest absolute Gasteiger partial charge is 0.480 e. The molecular formula is C26H38CsN5O5. The van der Waals surface area contributed by atoms with Crippen LogP contribution in [-0.4, -0.2) is 67.9 Å². The van der Waals surface area contributed by atoms with Gasteiger partial charge in [0.1, 0.15) is 17.3 Å². The van der Waals surface area contributed by atoms with Crippen molar-refractivity contribution < 1.29 is 88.3 Å². The summed E-state index contributed by atoms with van der Waals surface area (Å²) in [7, 11) is 0. The van der Waals surface area contributed by atoms with E-state index in [1.807, 2.05) is 46.4 Å². The van der Waals surface area contributed by atoms with Crippen LogP contribution in [0.2, 0.25) is 0 Å². The second-order valence-corrected chi connectivity index (χ2v) is 10.7. The SMILES string of the molecule is CCC1CN(C(=O)OC(C)(C)C)CCN1c1c2n(c3nc(C)c(C)nc3c1=O)C(C(=O)O)CC2C.[CH3-].[Cs+]. The Morgan fingerprint density at radius 3 is 2.32 bits per heavy atom. The van der Waals surface area contributed by atoms with Crippen LogP contribution in [0.1, 0.15) is 76.5 Å². The summed E-state index contributed by atoms with van der Waals surface area (Å²) in [5.74, 6) is -1.10. The van der Waals surface area contributed by atoms with Crippen LogP contribution in [0, 0.1) is 21.3 Å². The van der Waals surface area contributed by atoms with Gasteiger partial charge in [-0.3, -0.25) is 4.79 Å². The average Bonchev–Trinajstić information content (AvgIpc) is 3.11. The first-order valence-corrected chi connectivity index (χ1v) is 12.2. The number of carbonyl (C=O) groups is 2. The number of carboxylic acid groups (broad SMARTS) is 1. The monoisotopic (exact) mass is 633 g/mol. The third kappa shape index (κ3) is 6.06. The fraction of sp³-hybridized carbons (Fsp3) is 0.615. The van der Waals surface area contributed by atoms with E-state index in [0.717, 1.165) is 0 Å². The number of anilines is 1. The van der Waals surface area contributed by atoms with Crippen molar-refractivity contribution in [2.45, 2.75) is 84.9 Å². The zero-order valence-electron chi connectivity index (χ0n) is 23.6. The van der Waals surface area contributed by atoms with Crippen molar-refractivity contribution in [2.24, 2.45) is 0 Å². The van der Waals surface area contributed by atoms with Crippen LogP contribution < -0.4 is 79.2 Å². The number of carboxylic acids is 1. The number of pyridine rings is 1. The van der Waals surface area contributed by atoms with E-state index in [0.29, 0.717) is 60.9 Å². The predicted molar refractivity (Wildman–Crippen MR) is 139 cm³/mol. The van der Waals surface area contributed by atoms with E-state index in [1.54, 1.807) is 16.4 Å². The van der Waals surface area contributed by atoms with Gasteiger partial charge in [0.25, 0.3) is 0 Å². The minimum atomic E-state index is -0.951. The summed E-state index contributed by atoms with van der Waals surface area (Å²) in [4.78, 5) is 51.8. The Labute approximate surface area is 277 Å². The number of rotatable bonds is 3. The number of piperazine rings is 1. The zero-order chi connectivity index (χ0) is 25.8. The molecule has 1 amide bonds. The molecule has 37 heavy (non-hydrogen) atoms. The van der Waals surface area contributed by atoms with Gasteiger partial charge in [-0.25, -0.2) is 19.6 Å². The molecule has 198 valence electrons. The normalized spacial score (nSPS) is 21.2. The molecule has 10 nitrogen and oxygen atoms in total. The van der Waals surface area contributed by atoms with Crippen LogP contribution >= 0.6 is 0 Å². The first-order valence-electron chi connectivity index (χ1n) is 12.2. The summed E-state index contributed by atoms with van der Waals surface area (Å²) >= 11 is 0. The standard InChI is InChI=1S/C25H35N5O5.CH3.Cs/c1-8-16-12-28(24(34)35-25(5,6)7)9-10-29(16)20-19-13(2)11-17(23(32)33)30(19)22-18(21(20)31)26-14(3)15(4)27-22;;/h13,16-17H,8-12H2,1-7H3,(H,32,33);1H3;/q;-1;+1. The number of aryl methyl sites for hydroxylation is 2. The molecule has 4 rings (SSSR count). The minimum absolute atomic E-state index is 0. The van der Waals surface area contributed by atoms with Gasteiger partial charge in [-0.05, 0) is 47.5 Å². The molecule has 0 aliphatic carbocycles. The first-order chi connectivity index (χ1) is 16.3. The molecule has 2 aromatic heterocycles. The molecule has 11 heteroatoms. The number of amides is 1. The van der Waals surface area contributed by atoms with E-state index in [2.05, 4.69) is 9.97 Å². The van der Waals surface area contributed by atoms with Crippen molar-refractivity contribution in [3.8, 4) is 0 Å². The van der Waals surface area contributed by atoms with Crippen LogP contribution in [0.3, 0.4) is 0 Å². The number of carbonyl (C=O) groups excluding carboxylic acids is 1. The third-order valence-corrected chi connectivity index (χ3v) is 6.98. The van der Waals surface area contributed by atoms with Gasteiger partial charge in [0.2, 0.25) is 5.43 Å². The Hall–Kier alpha value is -1.12. The average molecular weight is 634 g/mol. The summed E-state index contributed by atoms with van der Waals surface area (Å²) < 4.78 is 7.28. The Bertz CT molecular complexity index is 1250. The molecule has 0 radical (unpaired) electrons. The molecule has 0 aromatic carbocycles. The Balaban J connectivity index is 0.00000241. The molecule has 1 fully saturated rings. The molecule has 0 saturated carbocycles. The topological polar surface area (TPSA) is 118 Å². The number of aliphatic carboxylic acids is 1. The van der Waals surface area contributed by atoms with Gasteiger partial charge in [0.15, 0.2) is 11.2 Å². The van der Waals surface area contributed by atoms with Gasteiger partial charge in [0, 0.05) is 31.6 Å². The van der Waals surface area contributed by atoms with Gasteiger partial charge in [-0.1, -0.05) is 13.8 Å². The van der Waals surface area contributed by atoms with E-state index in [1.165, 1.54) is 0 Å². The van der Waals surface area contributed by atoms with Crippen LogP contribution in [0.4, 0.5) is 10.5 Å². The van der Waals surface area contributed by atoms with E-state index < -0.39 is 17.6 Å². The minimum Gasteiger partial charge on any atom is -0.480 e. The number of fused-ring (bicyclic) bond motifs is 3. The molecule has 0 bridgehead atoms. The Kier molecular flexibility index (Phi) is 10.4. The molecule has 1 saturated heterocycles. The summed E-state index contributed by atoms with van der Waals surface area (Å²) in [5, 5.41) is 10.00. The number of aromatic nitrogens is 3. The quantitative estimate of drug-likeness (QED) is 0.495. The second-order valence-electron chi connectivity index (χ2n) is 10.7. The van der Waals surface area contributed by atoms with Crippen molar-refractivity contribution in [3.05, 3.63) is 34.7 Å². The fourth-order valence-corrected chi connectivity index (χ4v) is 5.19. The van der Waals surface area contributed by atoms with Gasteiger partial charge in [-0.15, -0.1) is 0 Å². The van der Waals surface area contributed by atoms with Crippen molar-refractivity contribution in [3.63, 3.8) is 0 Å². The van der Waals surface area contributed by atoms with Crippen molar-refractivity contribution in [2.75, 3.05) is 24.5 Å². The molecular weight excluding hydrogens is 595 g/mol. The van der Waals surface area contributed by atoms with Gasteiger partial charge in [-0.2, -0.15) is 0 Å². The third-order valence-electron chi connectivity index (χ3n) is 6.98. The molecule has 2 aliphatic heterocycles. The predicted octanol–water partition coefficient (Wildman–Crippen LogP) is 0.831. The van der Waals surface area contributed by atoms with Crippen molar-refractivity contribution >= 4 is 28.9 Å². The Morgan fingerprint density at radius 2 is 1.76 bits per heavy atom. The van der Waals surface area contributed by atoms with Crippen LogP contribution in [0.25, 0.3) is 11.2 Å². The van der Waals surface area contributed by atoms with Crippen molar-refractivity contribution in [1.29, 1.82) is 0 Å². The number of hydrogen-bond donors (Lipinski definition) is 1. The largest absolute Gasteiger partial charge is 1.00 e. The maximum Gasteiger partial charge on any atom is 1.00 e. The maximum atomic E-state index is 13.9. The number of hydrogen-bond acceptors (Lipinski definition) is 7. The number of nitrogens with zero attached hydrogens (tertiary/aromatic N) is 5. The van der Waals surface area contributed by atoms with E-state index >= 15 is 0 Å². The maximum absolute atomic E-state index is 13.9.